The number of nitrogens with two attached hydrogens (primary N) is 1. The van der Waals surface area contributed by atoms with Crippen molar-refractivity contribution in [2.24, 2.45) is 7.05 Å². The molecule has 14 heavy (non-hydrogen) atoms. The van der Waals surface area contributed by atoms with Crippen LogP contribution in [-0.4, -0.2) is 15.8 Å². The molecule has 0 spiro atoms. The Labute approximate surface area is 84.8 Å². The summed E-state index contributed by atoms with van der Waals surface area (Å²) in [5, 5.41) is 7.55. The zero-order valence-corrected chi connectivity index (χ0v) is 9.04. The number of nitrogen functional groups attached to an aromatic ring is 1. The first-order chi connectivity index (χ1) is 6.60. The van der Waals surface area contributed by atoms with Gasteiger partial charge in [0, 0.05) is 13.1 Å². The summed E-state index contributed by atoms with van der Waals surface area (Å²) in [6.45, 7) is 7.77. The maximum absolute atomic E-state index is 5.94. The van der Waals surface area contributed by atoms with E-state index >= 15 is 0 Å². The molecule has 1 rings (SSSR count). The first-order valence-electron chi connectivity index (χ1n) is 4.80. The van der Waals surface area contributed by atoms with Crippen molar-refractivity contribution in [3.8, 4) is 0 Å². The molecule has 78 valence electrons. The minimum atomic E-state index is 0.192. The molecule has 1 unspecified atom stereocenters. The summed E-state index contributed by atoms with van der Waals surface area (Å²) in [7, 11) is 1.88. The molecule has 0 amide bonds. The van der Waals surface area contributed by atoms with Crippen LogP contribution in [0, 0.1) is 0 Å². The minimum absolute atomic E-state index is 0.192. The third-order valence-corrected chi connectivity index (χ3v) is 2.21. The van der Waals surface area contributed by atoms with Gasteiger partial charge in [-0.15, -0.1) is 6.58 Å². The van der Waals surface area contributed by atoms with Crippen molar-refractivity contribution >= 4 is 11.5 Å². The number of nitrogens with one attached hydrogen (secondary N) is 1. The van der Waals surface area contributed by atoms with Gasteiger partial charge in [-0.3, -0.25) is 4.68 Å². The van der Waals surface area contributed by atoms with Crippen molar-refractivity contribution in [1.82, 2.24) is 9.78 Å². The number of hydrogen-bond acceptors (Lipinski definition) is 3. The van der Waals surface area contributed by atoms with Crippen LogP contribution in [-0.2, 0) is 13.5 Å². The quantitative estimate of drug-likeness (QED) is 0.715. The molecule has 0 bridgehead atoms. The monoisotopic (exact) mass is 194 g/mol. The average molecular weight is 194 g/mol. The second kappa shape index (κ2) is 4.17. The van der Waals surface area contributed by atoms with Gasteiger partial charge in [-0.25, -0.2) is 0 Å². The summed E-state index contributed by atoms with van der Waals surface area (Å²) < 4.78 is 1.77. The van der Waals surface area contributed by atoms with E-state index in [4.69, 9.17) is 5.73 Å². The summed E-state index contributed by atoms with van der Waals surface area (Å²) in [5.41, 5.74) is 7.61. The van der Waals surface area contributed by atoms with Crippen LogP contribution in [0.4, 0.5) is 11.5 Å². The van der Waals surface area contributed by atoms with E-state index in [9.17, 15) is 0 Å². The topological polar surface area (TPSA) is 55.9 Å². The largest absolute Gasteiger partial charge is 0.394 e. The van der Waals surface area contributed by atoms with Crippen molar-refractivity contribution in [3.63, 3.8) is 0 Å². The van der Waals surface area contributed by atoms with Crippen LogP contribution < -0.4 is 11.1 Å². The fraction of sp³-hybridized carbons (Fsp3) is 0.500. The summed E-state index contributed by atoms with van der Waals surface area (Å²) >= 11 is 0. The smallest absolute Gasteiger partial charge is 0.148 e. The zero-order chi connectivity index (χ0) is 10.7. The molecule has 0 aromatic carbocycles. The highest BCUT2D eigenvalue weighted by Gasteiger charge is 2.12. The fourth-order valence-electron chi connectivity index (χ4n) is 1.30. The van der Waals surface area contributed by atoms with Crippen LogP contribution in [0.15, 0.2) is 12.7 Å². The van der Waals surface area contributed by atoms with Gasteiger partial charge >= 0.3 is 0 Å². The molecule has 0 radical (unpaired) electrons. The van der Waals surface area contributed by atoms with Gasteiger partial charge in [0.25, 0.3) is 0 Å². The highest BCUT2D eigenvalue weighted by atomic mass is 15.3. The van der Waals surface area contributed by atoms with Gasteiger partial charge in [0.1, 0.15) is 5.82 Å². The molecular weight excluding hydrogens is 176 g/mol. The Morgan fingerprint density at radius 3 is 2.79 bits per heavy atom. The van der Waals surface area contributed by atoms with Gasteiger partial charge in [0.15, 0.2) is 0 Å². The molecule has 1 heterocycles. The second-order valence-electron chi connectivity index (χ2n) is 3.35. The molecule has 0 fully saturated rings. The maximum atomic E-state index is 5.94. The van der Waals surface area contributed by atoms with Crippen molar-refractivity contribution in [1.29, 1.82) is 0 Å². The second-order valence-corrected chi connectivity index (χ2v) is 3.35. The fourth-order valence-corrected chi connectivity index (χ4v) is 1.30. The Balaban J connectivity index is 2.96. The summed E-state index contributed by atoms with van der Waals surface area (Å²) in [6, 6.07) is 0.192. The third-order valence-electron chi connectivity index (χ3n) is 2.21. The molecule has 1 aromatic heterocycles. The van der Waals surface area contributed by atoms with Gasteiger partial charge < -0.3 is 11.1 Å². The zero-order valence-electron chi connectivity index (χ0n) is 9.04. The Bertz CT molecular complexity index is 327. The predicted octanol–water partition coefficient (Wildman–Crippen LogP) is 1.55. The van der Waals surface area contributed by atoms with Gasteiger partial charge in [-0.2, -0.15) is 5.10 Å². The molecule has 0 aliphatic rings. The molecule has 0 saturated heterocycles. The normalized spacial score (nSPS) is 12.5. The number of aromatic nitrogens is 2. The Morgan fingerprint density at radius 1 is 1.71 bits per heavy atom. The van der Waals surface area contributed by atoms with Crippen molar-refractivity contribution < 1.29 is 0 Å². The lowest BCUT2D eigenvalue weighted by Crippen LogP contribution is -2.15. The van der Waals surface area contributed by atoms with Crippen molar-refractivity contribution in [2.45, 2.75) is 26.3 Å². The number of hydrogen-bond donors (Lipinski definition) is 2. The van der Waals surface area contributed by atoms with Crippen LogP contribution in [0.5, 0.6) is 0 Å². The Morgan fingerprint density at radius 2 is 2.36 bits per heavy atom. The summed E-state index contributed by atoms with van der Waals surface area (Å²) in [4.78, 5) is 0. The first kappa shape index (κ1) is 10.6. The molecule has 4 heteroatoms. The lowest BCUT2D eigenvalue weighted by atomic mass is 10.3. The lowest BCUT2D eigenvalue weighted by Gasteiger charge is -2.11. The first-order valence-corrected chi connectivity index (χ1v) is 4.80. The molecule has 4 nitrogen and oxygen atoms in total. The maximum Gasteiger partial charge on any atom is 0.148 e. The highest BCUT2D eigenvalue weighted by Crippen LogP contribution is 2.22. The number of nitrogens with zero attached hydrogens (tertiary/aromatic N) is 2. The number of rotatable bonds is 4. The van der Waals surface area contributed by atoms with Crippen LogP contribution in [0.1, 0.15) is 19.5 Å². The molecule has 3 N–H and O–H groups in total. The predicted molar refractivity (Wildman–Crippen MR) is 60.3 cm³/mol. The van der Waals surface area contributed by atoms with Crippen LogP contribution in [0.3, 0.4) is 0 Å². The van der Waals surface area contributed by atoms with Crippen molar-refractivity contribution in [2.75, 3.05) is 11.1 Å². The highest BCUT2D eigenvalue weighted by molar-refractivity contribution is 5.65. The van der Waals surface area contributed by atoms with E-state index in [1.807, 2.05) is 27.0 Å². The Hall–Kier alpha value is -1.45. The van der Waals surface area contributed by atoms with E-state index in [1.165, 1.54) is 0 Å². The van der Waals surface area contributed by atoms with E-state index in [0.29, 0.717) is 0 Å². The molecule has 0 aliphatic heterocycles. The number of aryl methyl sites for hydroxylation is 2. The minimum Gasteiger partial charge on any atom is -0.394 e. The van der Waals surface area contributed by atoms with E-state index in [2.05, 4.69) is 17.0 Å². The van der Waals surface area contributed by atoms with Gasteiger partial charge in [0.2, 0.25) is 0 Å². The van der Waals surface area contributed by atoms with Crippen LogP contribution in [0.2, 0.25) is 0 Å². The van der Waals surface area contributed by atoms with E-state index < -0.39 is 0 Å². The Kier molecular flexibility index (Phi) is 3.17. The molecule has 1 aromatic rings. The van der Waals surface area contributed by atoms with Crippen molar-refractivity contribution in [3.05, 3.63) is 18.3 Å². The van der Waals surface area contributed by atoms with Crippen LogP contribution in [0.25, 0.3) is 0 Å². The van der Waals surface area contributed by atoms with Gasteiger partial charge in [0.05, 0.1) is 11.4 Å². The van der Waals surface area contributed by atoms with Crippen LogP contribution >= 0.6 is 0 Å². The van der Waals surface area contributed by atoms with Gasteiger partial charge in [-0.05, 0) is 13.3 Å². The van der Waals surface area contributed by atoms with E-state index in [0.717, 1.165) is 23.6 Å². The SMILES string of the molecule is C=CC(C)Nc1c(N)c(CC)nn1C. The molecule has 0 aliphatic carbocycles. The standard InChI is InChI=1S/C10H18N4/c1-5-7(3)12-10-9(11)8(6-2)13-14(10)4/h5,7,12H,1,6,11H2,2-4H3. The molecule has 1 atom stereocenters. The van der Waals surface area contributed by atoms with E-state index in [-0.39, 0.29) is 6.04 Å². The number of anilines is 2. The summed E-state index contributed by atoms with van der Waals surface area (Å²) in [5.74, 6) is 0.870. The lowest BCUT2D eigenvalue weighted by molar-refractivity contribution is 0.743. The molecular formula is C10H18N4. The average Bonchev–Trinajstić information content (AvgIpc) is 2.44. The van der Waals surface area contributed by atoms with E-state index in [1.54, 1.807) is 4.68 Å². The summed E-state index contributed by atoms with van der Waals surface area (Å²) in [6.07, 6.45) is 2.68. The molecule has 0 saturated carbocycles. The van der Waals surface area contributed by atoms with Gasteiger partial charge in [-0.1, -0.05) is 13.0 Å². The third kappa shape index (κ3) is 1.89.